The van der Waals surface area contributed by atoms with E-state index in [9.17, 15) is 9.18 Å². The molecule has 2 rings (SSSR count). The molecule has 1 atom stereocenters. The average Bonchev–Trinajstić information content (AvgIpc) is 3.07. The molecule has 1 aromatic rings. The molecule has 0 saturated heterocycles. The third-order valence-electron chi connectivity index (χ3n) is 2.76. The molecule has 0 radical (unpaired) electrons. The summed E-state index contributed by atoms with van der Waals surface area (Å²) in [6.45, 7) is 0. The summed E-state index contributed by atoms with van der Waals surface area (Å²) in [5.41, 5.74) is 0.209. The summed E-state index contributed by atoms with van der Waals surface area (Å²) in [6, 6.07) is 3.79. The van der Waals surface area contributed by atoms with Gasteiger partial charge in [-0.3, -0.25) is 4.79 Å². The Bertz CT molecular complexity index is 415. The first-order valence-electron chi connectivity index (χ1n) is 5.15. The molecule has 0 aromatic heterocycles. The normalized spacial score (nSPS) is 17.2. The highest BCUT2D eigenvalue weighted by Crippen LogP contribution is 2.36. The lowest BCUT2D eigenvalue weighted by atomic mass is 10.0. The molecule has 0 aliphatic heterocycles. The zero-order chi connectivity index (χ0) is 11.7. The fourth-order valence-electron chi connectivity index (χ4n) is 1.75. The Labute approximate surface area is 98.4 Å². The molecular formula is C12H12ClFO2. The molecule has 0 N–H and O–H groups in total. The molecule has 4 heteroatoms. The second kappa shape index (κ2) is 4.52. The first-order valence-corrected chi connectivity index (χ1v) is 5.53. The minimum atomic E-state index is -0.487. The number of hydrogen-bond donors (Lipinski definition) is 0. The van der Waals surface area contributed by atoms with Crippen LogP contribution < -0.4 is 0 Å². The quantitative estimate of drug-likeness (QED) is 0.759. The summed E-state index contributed by atoms with van der Waals surface area (Å²) in [4.78, 5) is 12.1. The maximum absolute atomic E-state index is 13.0. The van der Waals surface area contributed by atoms with E-state index in [-0.39, 0.29) is 22.3 Å². The minimum Gasteiger partial charge on any atom is -0.373 e. The molecular weight excluding hydrogens is 231 g/mol. The van der Waals surface area contributed by atoms with Gasteiger partial charge in [0.25, 0.3) is 0 Å². The summed E-state index contributed by atoms with van der Waals surface area (Å²) < 4.78 is 18.2. The molecule has 1 aliphatic carbocycles. The summed E-state index contributed by atoms with van der Waals surface area (Å²) in [5.74, 6) is -0.426. The third-order valence-corrected chi connectivity index (χ3v) is 3.09. The van der Waals surface area contributed by atoms with Gasteiger partial charge in [-0.25, -0.2) is 4.39 Å². The molecule has 86 valence electrons. The molecule has 1 aromatic carbocycles. The van der Waals surface area contributed by atoms with Crippen LogP contribution in [-0.2, 0) is 4.74 Å². The van der Waals surface area contributed by atoms with E-state index in [0.29, 0.717) is 0 Å². The van der Waals surface area contributed by atoms with Crippen LogP contribution in [0.5, 0.6) is 0 Å². The monoisotopic (exact) mass is 242 g/mol. The number of halogens is 2. The van der Waals surface area contributed by atoms with E-state index in [0.717, 1.165) is 12.8 Å². The molecule has 0 heterocycles. The van der Waals surface area contributed by atoms with E-state index in [4.69, 9.17) is 16.3 Å². The van der Waals surface area contributed by atoms with Crippen LogP contribution in [0.15, 0.2) is 18.2 Å². The molecule has 1 fully saturated rings. The molecule has 1 unspecified atom stereocenters. The third kappa shape index (κ3) is 2.25. The lowest BCUT2D eigenvalue weighted by Gasteiger charge is -2.13. The smallest absolute Gasteiger partial charge is 0.193 e. The average molecular weight is 243 g/mol. The van der Waals surface area contributed by atoms with Crippen molar-refractivity contribution in [3.8, 4) is 0 Å². The summed E-state index contributed by atoms with van der Waals surface area (Å²) in [5, 5.41) is 0.272. The second-order valence-electron chi connectivity index (χ2n) is 3.98. The van der Waals surface area contributed by atoms with Gasteiger partial charge in [-0.2, -0.15) is 0 Å². The van der Waals surface area contributed by atoms with Gasteiger partial charge >= 0.3 is 0 Å². The standard InChI is InChI=1S/C12H12ClFO2/c1-16-12(7-2-3-7)11(15)9-6-8(14)4-5-10(9)13/h4-7,12H,2-3H2,1H3. The summed E-state index contributed by atoms with van der Waals surface area (Å²) in [6.07, 6.45) is 1.48. The topological polar surface area (TPSA) is 26.3 Å². The first kappa shape index (κ1) is 11.6. The highest BCUT2D eigenvalue weighted by Gasteiger charge is 2.37. The Morgan fingerprint density at radius 1 is 1.56 bits per heavy atom. The Hall–Kier alpha value is -0.930. The van der Waals surface area contributed by atoms with Crippen molar-refractivity contribution in [1.82, 2.24) is 0 Å². The molecule has 0 spiro atoms. The van der Waals surface area contributed by atoms with Gasteiger partial charge in [0.15, 0.2) is 5.78 Å². The Morgan fingerprint density at radius 2 is 2.25 bits per heavy atom. The van der Waals surface area contributed by atoms with Gasteiger partial charge in [0.05, 0.1) is 5.02 Å². The van der Waals surface area contributed by atoms with Gasteiger partial charge in [-0.1, -0.05) is 11.6 Å². The van der Waals surface area contributed by atoms with Gasteiger partial charge in [-0.05, 0) is 37.0 Å². The van der Waals surface area contributed by atoms with Gasteiger partial charge < -0.3 is 4.74 Å². The van der Waals surface area contributed by atoms with Crippen LogP contribution in [-0.4, -0.2) is 19.0 Å². The molecule has 2 nitrogen and oxygen atoms in total. The minimum absolute atomic E-state index is 0.209. The van der Waals surface area contributed by atoms with Crippen molar-refractivity contribution >= 4 is 17.4 Å². The van der Waals surface area contributed by atoms with Crippen LogP contribution in [0.1, 0.15) is 23.2 Å². The van der Waals surface area contributed by atoms with Crippen molar-refractivity contribution in [2.75, 3.05) is 7.11 Å². The van der Waals surface area contributed by atoms with E-state index >= 15 is 0 Å². The van der Waals surface area contributed by atoms with Crippen molar-refractivity contribution in [2.24, 2.45) is 5.92 Å². The van der Waals surface area contributed by atoms with Crippen molar-refractivity contribution in [3.63, 3.8) is 0 Å². The van der Waals surface area contributed by atoms with Gasteiger partial charge in [0, 0.05) is 12.7 Å². The molecule has 1 aliphatic rings. The Balaban J connectivity index is 2.28. The predicted molar refractivity (Wildman–Crippen MR) is 59.3 cm³/mol. The van der Waals surface area contributed by atoms with Crippen molar-refractivity contribution in [1.29, 1.82) is 0 Å². The Kier molecular flexibility index (Phi) is 3.26. The van der Waals surface area contributed by atoms with E-state index < -0.39 is 11.9 Å². The number of hydrogen-bond acceptors (Lipinski definition) is 2. The fraction of sp³-hybridized carbons (Fsp3) is 0.417. The number of carbonyl (C=O) groups is 1. The second-order valence-corrected chi connectivity index (χ2v) is 4.39. The lowest BCUT2D eigenvalue weighted by molar-refractivity contribution is 0.0539. The number of rotatable bonds is 4. The van der Waals surface area contributed by atoms with E-state index in [1.807, 2.05) is 0 Å². The van der Waals surface area contributed by atoms with Crippen LogP contribution in [0.4, 0.5) is 4.39 Å². The van der Waals surface area contributed by atoms with Crippen LogP contribution in [0, 0.1) is 11.7 Å². The lowest BCUT2D eigenvalue weighted by Crippen LogP contribution is -2.25. The van der Waals surface area contributed by atoms with E-state index in [1.54, 1.807) is 0 Å². The van der Waals surface area contributed by atoms with Crippen LogP contribution >= 0.6 is 11.6 Å². The molecule has 16 heavy (non-hydrogen) atoms. The van der Waals surface area contributed by atoms with Crippen LogP contribution in [0.3, 0.4) is 0 Å². The van der Waals surface area contributed by atoms with E-state index in [1.165, 1.54) is 25.3 Å². The van der Waals surface area contributed by atoms with Crippen LogP contribution in [0.25, 0.3) is 0 Å². The summed E-state index contributed by atoms with van der Waals surface area (Å²) in [7, 11) is 1.49. The number of benzene rings is 1. The van der Waals surface area contributed by atoms with Crippen molar-refractivity contribution in [2.45, 2.75) is 18.9 Å². The van der Waals surface area contributed by atoms with Gasteiger partial charge in [-0.15, -0.1) is 0 Å². The molecule has 0 amide bonds. The Morgan fingerprint density at radius 3 is 2.81 bits per heavy atom. The van der Waals surface area contributed by atoms with Gasteiger partial charge in [0.2, 0.25) is 0 Å². The number of methoxy groups -OCH3 is 1. The SMILES string of the molecule is COC(C(=O)c1cc(F)ccc1Cl)C1CC1. The number of carbonyl (C=O) groups excluding carboxylic acids is 1. The highest BCUT2D eigenvalue weighted by molar-refractivity contribution is 6.34. The maximum Gasteiger partial charge on any atom is 0.193 e. The molecule has 1 saturated carbocycles. The number of ether oxygens (including phenoxy) is 1. The van der Waals surface area contributed by atoms with E-state index in [2.05, 4.69) is 0 Å². The largest absolute Gasteiger partial charge is 0.373 e. The zero-order valence-corrected chi connectivity index (χ0v) is 9.63. The fourth-order valence-corrected chi connectivity index (χ4v) is 1.96. The predicted octanol–water partition coefficient (Wildman–Crippen LogP) is 3.09. The highest BCUT2D eigenvalue weighted by atomic mass is 35.5. The summed E-state index contributed by atoms with van der Waals surface area (Å²) >= 11 is 5.87. The van der Waals surface area contributed by atoms with Gasteiger partial charge in [0.1, 0.15) is 11.9 Å². The van der Waals surface area contributed by atoms with Crippen molar-refractivity contribution < 1.29 is 13.9 Å². The molecule has 0 bridgehead atoms. The zero-order valence-electron chi connectivity index (χ0n) is 8.87. The first-order chi connectivity index (χ1) is 7.63. The van der Waals surface area contributed by atoms with Crippen LogP contribution in [0.2, 0.25) is 5.02 Å². The number of ketones is 1. The number of Topliss-reactive ketones (excluding diaryl/α,β-unsaturated/α-hetero) is 1. The maximum atomic E-state index is 13.0. The van der Waals surface area contributed by atoms with Crippen molar-refractivity contribution in [3.05, 3.63) is 34.6 Å².